The van der Waals surface area contributed by atoms with Gasteiger partial charge in [-0.25, -0.2) is 4.79 Å². The van der Waals surface area contributed by atoms with E-state index in [1.54, 1.807) is 18.2 Å². The van der Waals surface area contributed by atoms with Crippen molar-refractivity contribution in [2.75, 3.05) is 13.2 Å². The summed E-state index contributed by atoms with van der Waals surface area (Å²) < 4.78 is 5.64. The molecular formula is C28H26ClNO4. The fourth-order valence-electron chi connectivity index (χ4n) is 5.17. The molecule has 6 heteroatoms. The summed E-state index contributed by atoms with van der Waals surface area (Å²) in [6.45, 7) is 2.21. The number of ether oxygens (including phenoxy) is 1. The molecular weight excluding hydrogens is 450 g/mol. The van der Waals surface area contributed by atoms with E-state index in [2.05, 4.69) is 25.1 Å². The number of hydrogen-bond acceptors (Lipinski definition) is 3. The van der Waals surface area contributed by atoms with Gasteiger partial charge in [0.15, 0.2) is 6.61 Å². The molecule has 174 valence electrons. The number of carbonyl (C=O) groups is 2. The minimum atomic E-state index is -1.06. The Balaban J connectivity index is 1.52. The third kappa shape index (κ3) is 4.28. The summed E-state index contributed by atoms with van der Waals surface area (Å²) in [5.74, 6) is -0.337. The Morgan fingerprint density at radius 1 is 1.03 bits per heavy atom. The molecule has 3 aromatic carbocycles. The second kappa shape index (κ2) is 9.15. The number of aliphatic carboxylic acids is 1. The van der Waals surface area contributed by atoms with Gasteiger partial charge in [-0.1, -0.05) is 60.1 Å². The molecule has 1 aliphatic heterocycles. The van der Waals surface area contributed by atoms with Gasteiger partial charge >= 0.3 is 5.97 Å². The second-order valence-corrected chi connectivity index (χ2v) is 9.49. The topological polar surface area (TPSA) is 66.8 Å². The number of benzene rings is 3. The van der Waals surface area contributed by atoms with Gasteiger partial charge in [0.05, 0.1) is 6.04 Å². The van der Waals surface area contributed by atoms with Crippen LogP contribution in [-0.2, 0) is 16.0 Å². The quantitative estimate of drug-likeness (QED) is 0.519. The Bertz CT molecular complexity index is 1260. The van der Waals surface area contributed by atoms with Gasteiger partial charge in [0.2, 0.25) is 5.91 Å². The molecule has 3 aromatic rings. The van der Waals surface area contributed by atoms with Gasteiger partial charge in [0.25, 0.3) is 0 Å². The highest BCUT2D eigenvalue weighted by Crippen LogP contribution is 2.51. The normalized spacial score (nSPS) is 21.0. The van der Waals surface area contributed by atoms with Crippen LogP contribution in [0.25, 0.3) is 0 Å². The maximum Gasteiger partial charge on any atom is 0.341 e. The van der Waals surface area contributed by atoms with Crippen LogP contribution < -0.4 is 4.74 Å². The number of carboxylic acid groups (broad SMARTS) is 1. The van der Waals surface area contributed by atoms with Crippen LogP contribution in [0.5, 0.6) is 5.75 Å². The van der Waals surface area contributed by atoms with Crippen molar-refractivity contribution in [1.29, 1.82) is 0 Å². The smallest absolute Gasteiger partial charge is 0.341 e. The van der Waals surface area contributed by atoms with Gasteiger partial charge in [0, 0.05) is 23.0 Å². The van der Waals surface area contributed by atoms with Crippen molar-refractivity contribution in [2.45, 2.75) is 31.7 Å². The number of carboxylic acids is 1. The average molecular weight is 476 g/mol. The van der Waals surface area contributed by atoms with Crippen LogP contribution in [0.15, 0.2) is 66.7 Å². The summed E-state index contributed by atoms with van der Waals surface area (Å²) in [6.07, 6.45) is 1.61. The third-order valence-electron chi connectivity index (χ3n) is 6.88. The number of rotatable bonds is 6. The van der Waals surface area contributed by atoms with Crippen LogP contribution in [-0.4, -0.2) is 35.0 Å². The zero-order chi connectivity index (χ0) is 23.8. The summed E-state index contributed by atoms with van der Waals surface area (Å²) in [7, 11) is 0. The maximum atomic E-state index is 13.9. The highest BCUT2D eigenvalue weighted by molar-refractivity contribution is 6.30. The first-order chi connectivity index (χ1) is 16.4. The summed E-state index contributed by atoms with van der Waals surface area (Å²) in [4.78, 5) is 27.0. The molecule has 5 rings (SSSR count). The van der Waals surface area contributed by atoms with E-state index in [0.717, 1.165) is 18.4 Å². The number of amides is 1. The molecule has 5 nitrogen and oxygen atoms in total. The predicted octanol–water partition coefficient (Wildman–Crippen LogP) is 5.39. The molecule has 0 radical (unpaired) electrons. The Labute approximate surface area is 203 Å². The molecule has 0 aromatic heterocycles. The van der Waals surface area contributed by atoms with Crippen molar-refractivity contribution in [2.24, 2.45) is 5.92 Å². The van der Waals surface area contributed by atoms with Gasteiger partial charge in [-0.15, -0.1) is 0 Å². The van der Waals surface area contributed by atoms with Crippen molar-refractivity contribution in [3.8, 4) is 5.75 Å². The zero-order valence-electron chi connectivity index (χ0n) is 18.9. The molecule has 3 atom stereocenters. The van der Waals surface area contributed by atoms with E-state index in [1.807, 2.05) is 35.2 Å². The van der Waals surface area contributed by atoms with Crippen LogP contribution in [0.2, 0.25) is 5.02 Å². The van der Waals surface area contributed by atoms with Gasteiger partial charge in [-0.05, 0) is 66.1 Å². The molecule has 1 aliphatic carbocycles. The van der Waals surface area contributed by atoms with E-state index in [4.69, 9.17) is 21.4 Å². The standard InChI is InChI=1S/C28H26ClNO4/c1-17-6-2-4-8-20(17)22-15-23(22)28(33)30-13-12-18-7-3-5-9-21(18)27(30)24-14-19(29)10-11-25(24)34-16-26(31)32/h2-11,14,22-23,27H,12-13,15-16H2,1H3,(H,31,32)/t22-,23+,27-/m0/s1. The Morgan fingerprint density at radius 2 is 1.76 bits per heavy atom. The third-order valence-corrected chi connectivity index (χ3v) is 7.11. The molecule has 1 amide bonds. The maximum absolute atomic E-state index is 13.9. The fourth-order valence-corrected chi connectivity index (χ4v) is 5.35. The van der Waals surface area contributed by atoms with Gasteiger partial charge in [-0.2, -0.15) is 0 Å². The molecule has 34 heavy (non-hydrogen) atoms. The molecule has 0 bridgehead atoms. The van der Waals surface area contributed by atoms with Crippen LogP contribution in [0.3, 0.4) is 0 Å². The highest BCUT2D eigenvalue weighted by atomic mass is 35.5. The largest absolute Gasteiger partial charge is 0.482 e. The molecule has 2 aliphatic rings. The lowest BCUT2D eigenvalue weighted by atomic mass is 9.87. The van der Waals surface area contributed by atoms with E-state index >= 15 is 0 Å². The number of hydrogen-bond donors (Lipinski definition) is 1. The number of fused-ring (bicyclic) bond motifs is 1. The van der Waals surface area contributed by atoms with Crippen molar-refractivity contribution < 1.29 is 19.4 Å². The van der Waals surface area contributed by atoms with E-state index in [-0.39, 0.29) is 17.7 Å². The van der Waals surface area contributed by atoms with Crippen LogP contribution in [0.4, 0.5) is 0 Å². The van der Waals surface area contributed by atoms with Gasteiger partial charge < -0.3 is 14.7 Å². The molecule has 1 heterocycles. The van der Waals surface area contributed by atoms with Crippen molar-refractivity contribution in [1.82, 2.24) is 4.90 Å². The van der Waals surface area contributed by atoms with Crippen LogP contribution in [0.1, 0.15) is 46.2 Å². The van der Waals surface area contributed by atoms with Gasteiger partial charge in [-0.3, -0.25) is 4.79 Å². The molecule has 0 spiro atoms. The fraction of sp³-hybridized carbons (Fsp3) is 0.286. The lowest BCUT2D eigenvalue weighted by Gasteiger charge is -2.38. The molecule has 0 unspecified atom stereocenters. The number of nitrogens with zero attached hydrogens (tertiary/aromatic N) is 1. The second-order valence-electron chi connectivity index (χ2n) is 9.05. The zero-order valence-corrected chi connectivity index (χ0v) is 19.7. The summed E-state index contributed by atoms with van der Waals surface area (Å²) in [6, 6.07) is 21.1. The lowest BCUT2D eigenvalue weighted by molar-refractivity contribution is -0.139. The Hall–Kier alpha value is -3.31. The lowest BCUT2D eigenvalue weighted by Crippen LogP contribution is -2.41. The minimum Gasteiger partial charge on any atom is -0.482 e. The van der Waals surface area contributed by atoms with Crippen LogP contribution >= 0.6 is 11.6 Å². The molecule has 1 N–H and O–H groups in total. The van der Waals surface area contributed by atoms with E-state index < -0.39 is 18.6 Å². The first kappa shape index (κ1) is 22.5. The Kier molecular flexibility index (Phi) is 6.05. The number of aryl methyl sites for hydroxylation is 1. The number of carbonyl (C=O) groups excluding carboxylic acids is 1. The number of halogens is 1. The first-order valence-electron chi connectivity index (χ1n) is 11.5. The van der Waals surface area contributed by atoms with E-state index in [1.165, 1.54) is 16.7 Å². The van der Waals surface area contributed by atoms with E-state index in [0.29, 0.717) is 22.9 Å². The SMILES string of the molecule is Cc1ccccc1[C@@H]1C[C@H]1C(=O)N1CCc2ccccc2[C@H]1c1cc(Cl)ccc1OCC(=O)O. The Morgan fingerprint density at radius 3 is 2.53 bits per heavy atom. The molecule has 0 saturated heterocycles. The first-order valence-corrected chi connectivity index (χ1v) is 11.9. The van der Waals surface area contributed by atoms with Crippen molar-refractivity contribution in [3.05, 3.63) is 99.6 Å². The minimum absolute atomic E-state index is 0.0589. The monoisotopic (exact) mass is 475 g/mol. The molecule has 1 fully saturated rings. The summed E-state index contributed by atoms with van der Waals surface area (Å²) in [5, 5.41) is 9.67. The summed E-state index contributed by atoms with van der Waals surface area (Å²) in [5.41, 5.74) is 5.36. The van der Waals surface area contributed by atoms with Crippen LogP contribution in [0, 0.1) is 12.8 Å². The van der Waals surface area contributed by atoms with Gasteiger partial charge in [0.1, 0.15) is 5.75 Å². The molecule has 1 saturated carbocycles. The van der Waals surface area contributed by atoms with Crippen molar-refractivity contribution in [3.63, 3.8) is 0 Å². The predicted molar refractivity (Wildman–Crippen MR) is 130 cm³/mol. The highest BCUT2D eigenvalue weighted by Gasteiger charge is 2.48. The average Bonchev–Trinajstić information content (AvgIpc) is 3.63. The van der Waals surface area contributed by atoms with Crippen molar-refractivity contribution >= 4 is 23.5 Å². The van der Waals surface area contributed by atoms with E-state index in [9.17, 15) is 9.59 Å². The summed E-state index contributed by atoms with van der Waals surface area (Å²) >= 11 is 6.37.